The Morgan fingerprint density at radius 3 is 2.61 bits per heavy atom. The molecule has 1 saturated heterocycles. The largest absolute Gasteiger partial charge is 0.478 e. The molecular weight excluding hydrogens is 380 g/mol. The van der Waals surface area contributed by atoms with Crippen molar-refractivity contribution in [3.8, 4) is 11.1 Å². The number of carboxylic acid groups (broad SMARTS) is 1. The molecule has 0 amide bonds. The van der Waals surface area contributed by atoms with Gasteiger partial charge in [-0.15, -0.1) is 0 Å². The van der Waals surface area contributed by atoms with Gasteiger partial charge in [0.2, 0.25) is 10.0 Å². The third-order valence-electron chi connectivity index (χ3n) is 4.91. The van der Waals surface area contributed by atoms with Gasteiger partial charge >= 0.3 is 5.97 Å². The number of benzene rings is 2. The first-order chi connectivity index (χ1) is 13.4. The second-order valence-corrected chi connectivity index (χ2v) is 8.76. The minimum atomic E-state index is -3.81. The van der Waals surface area contributed by atoms with Gasteiger partial charge in [-0.05, 0) is 42.8 Å². The van der Waals surface area contributed by atoms with Crippen molar-refractivity contribution in [3.63, 3.8) is 0 Å². The number of hydrogen-bond donors (Lipinski definition) is 2. The summed E-state index contributed by atoms with van der Waals surface area (Å²) in [6.07, 6.45) is 1.77. The van der Waals surface area contributed by atoms with Crippen molar-refractivity contribution < 1.29 is 23.1 Å². The normalized spacial score (nSPS) is 15.8. The first kappa shape index (κ1) is 18.7. The van der Waals surface area contributed by atoms with E-state index in [1.54, 1.807) is 12.3 Å². The fourth-order valence-electron chi connectivity index (χ4n) is 3.44. The van der Waals surface area contributed by atoms with Crippen LogP contribution in [0.5, 0.6) is 0 Å². The van der Waals surface area contributed by atoms with Gasteiger partial charge in [-0.25, -0.2) is 13.2 Å². The number of carbonyl (C=O) groups is 1. The molecule has 1 aliphatic heterocycles. The topological polar surface area (TPSA) is 99.7 Å². The number of aryl methyl sites for hydroxylation is 1. The first-order valence-electron chi connectivity index (χ1n) is 8.91. The van der Waals surface area contributed by atoms with Crippen LogP contribution in [-0.2, 0) is 14.8 Å². The van der Waals surface area contributed by atoms with Gasteiger partial charge in [0.15, 0.2) is 0 Å². The number of fused-ring (bicyclic) bond motifs is 1. The third kappa shape index (κ3) is 3.30. The molecule has 2 N–H and O–H groups in total. The Bertz CT molecular complexity index is 1160. The van der Waals surface area contributed by atoms with Gasteiger partial charge in [0, 0.05) is 35.8 Å². The molecule has 7 nitrogen and oxygen atoms in total. The molecule has 0 unspecified atom stereocenters. The highest BCUT2D eigenvalue weighted by Crippen LogP contribution is 2.32. The molecule has 146 valence electrons. The minimum Gasteiger partial charge on any atom is -0.478 e. The molecular formula is C20H20N2O5S. The highest BCUT2D eigenvalue weighted by Gasteiger charge is 2.28. The van der Waals surface area contributed by atoms with Gasteiger partial charge in [0.1, 0.15) is 0 Å². The Morgan fingerprint density at radius 1 is 1.14 bits per heavy atom. The molecule has 0 bridgehead atoms. The summed E-state index contributed by atoms with van der Waals surface area (Å²) in [7, 11) is -3.81. The van der Waals surface area contributed by atoms with E-state index in [0.717, 1.165) is 22.0 Å². The summed E-state index contributed by atoms with van der Waals surface area (Å²) in [5, 5.41) is 10.4. The minimum absolute atomic E-state index is 0.0219. The number of carboxylic acids is 1. The number of nitrogens with zero attached hydrogens (tertiary/aromatic N) is 1. The lowest BCUT2D eigenvalue weighted by atomic mass is 10.0. The Labute approximate surface area is 162 Å². The summed E-state index contributed by atoms with van der Waals surface area (Å²) in [5.74, 6) is -1.17. The van der Waals surface area contributed by atoms with Crippen molar-refractivity contribution in [3.05, 3.63) is 53.7 Å². The van der Waals surface area contributed by atoms with Gasteiger partial charge in [0.05, 0.1) is 23.7 Å². The number of aromatic amines is 1. The maximum atomic E-state index is 13.1. The summed E-state index contributed by atoms with van der Waals surface area (Å²) in [4.78, 5) is 14.8. The Kier molecular flexibility index (Phi) is 4.70. The number of aromatic carboxylic acids is 1. The number of rotatable bonds is 4. The third-order valence-corrected chi connectivity index (χ3v) is 6.79. The number of nitrogens with one attached hydrogen (secondary N) is 1. The maximum Gasteiger partial charge on any atom is 0.335 e. The molecule has 0 saturated carbocycles. The molecule has 2 heterocycles. The first-order valence-corrected chi connectivity index (χ1v) is 10.3. The molecule has 1 fully saturated rings. The molecule has 2 aromatic carbocycles. The number of aromatic nitrogens is 1. The summed E-state index contributed by atoms with van der Waals surface area (Å²) in [6.45, 7) is 3.12. The van der Waals surface area contributed by atoms with E-state index in [-0.39, 0.29) is 23.5 Å². The fourth-order valence-corrected chi connectivity index (χ4v) is 4.92. The number of ether oxygens (including phenoxy) is 1. The molecule has 1 aromatic heterocycles. The second-order valence-electron chi connectivity index (χ2n) is 6.82. The van der Waals surface area contributed by atoms with Crippen LogP contribution in [0.15, 0.2) is 47.5 Å². The number of hydrogen-bond acceptors (Lipinski definition) is 4. The van der Waals surface area contributed by atoms with Gasteiger partial charge in [-0.3, -0.25) is 0 Å². The summed E-state index contributed by atoms with van der Waals surface area (Å²) in [5.41, 5.74) is 3.21. The van der Waals surface area contributed by atoms with Crippen molar-refractivity contribution in [1.82, 2.24) is 9.29 Å². The smallest absolute Gasteiger partial charge is 0.335 e. The van der Waals surface area contributed by atoms with E-state index >= 15 is 0 Å². The van der Waals surface area contributed by atoms with E-state index < -0.39 is 16.0 Å². The van der Waals surface area contributed by atoms with Crippen LogP contribution in [0, 0.1) is 6.92 Å². The molecule has 3 aromatic rings. The second kappa shape index (κ2) is 7.05. The lowest BCUT2D eigenvalue weighted by Crippen LogP contribution is -2.40. The SMILES string of the molecule is Cc1ccc2[nH]cc(-c3cc(C(=O)O)cc(S(=O)(=O)N4CCOCC4)c3)c2c1. The zero-order valence-electron chi connectivity index (χ0n) is 15.3. The molecule has 0 radical (unpaired) electrons. The highest BCUT2D eigenvalue weighted by molar-refractivity contribution is 7.89. The summed E-state index contributed by atoms with van der Waals surface area (Å²) < 4.78 is 32.7. The Morgan fingerprint density at radius 2 is 1.89 bits per heavy atom. The van der Waals surface area contributed by atoms with Crippen molar-refractivity contribution in [2.45, 2.75) is 11.8 Å². The van der Waals surface area contributed by atoms with E-state index in [1.165, 1.54) is 16.4 Å². The van der Waals surface area contributed by atoms with Crippen LogP contribution in [0.4, 0.5) is 0 Å². The molecule has 28 heavy (non-hydrogen) atoms. The van der Waals surface area contributed by atoms with E-state index in [4.69, 9.17) is 4.74 Å². The lowest BCUT2D eigenvalue weighted by Gasteiger charge is -2.26. The van der Waals surface area contributed by atoms with Gasteiger partial charge in [-0.1, -0.05) is 11.6 Å². The molecule has 1 aliphatic rings. The quantitative estimate of drug-likeness (QED) is 0.702. The number of sulfonamides is 1. The van der Waals surface area contributed by atoms with E-state index in [1.807, 2.05) is 25.1 Å². The van der Waals surface area contributed by atoms with Crippen LogP contribution in [0.25, 0.3) is 22.0 Å². The predicted molar refractivity (Wildman–Crippen MR) is 105 cm³/mol. The van der Waals surface area contributed by atoms with Crippen molar-refractivity contribution >= 4 is 26.9 Å². The standard InChI is InChI=1S/C20H20N2O5S/c1-13-2-3-19-17(8-13)18(12-21-19)14-9-15(20(23)24)11-16(10-14)28(25,26)22-4-6-27-7-5-22/h2-3,8-12,21H,4-7H2,1H3,(H,23,24). The Hall–Kier alpha value is -2.68. The average molecular weight is 400 g/mol. The van der Waals surface area contributed by atoms with Crippen molar-refractivity contribution in [2.75, 3.05) is 26.3 Å². The fraction of sp³-hybridized carbons (Fsp3) is 0.250. The van der Waals surface area contributed by atoms with Crippen LogP contribution < -0.4 is 0 Å². The zero-order valence-corrected chi connectivity index (χ0v) is 16.1. The summed E-state index contributed by atoms with van der Waals surface area (Å²) in [6, 6.07) is 10.2. The number of H-pyrrole nitrogens is 1. The van der Waals surface area contributed by atoms with Crippen molar-refractivity contribution in [2.24, 2.45) is 0 Å². The van der Waals surface area contributed by atoms with E-state index in [2.05, 4.69) is 4.98 Å². The predicted octanol–water partition coefficient (Wildman–Crippen LogP) is 2.86. The van der Waals surface area contributed by atoms with Crippen LogP contribution in [0.1, 0.15) is 15.9 Å². The highest BCUT2D eigenvalue weighted by atomic mass is 32.2. The van der Waals surface area contributed by atoms with Crippen LogP contribution >= 0.6 is 0 Å². The summed E-state index contributed by atoms with van der Waals surface area (Å²) >= 11 is 0. The van der Waals surface area contributed by atoms with Gasteiger partial charge in [-0.2, -0.15) is 4.31 Å². The molecule has 8 heteroatoms. The van der Waals surface area contributed by atoms with Crippen LogP contribution in [0.2, 0.25) is 0 Å². The van der Waals surface area contributed by atoms with E-state index in [9.17, 15) is 18.3 Å². The van der Waals surface area contributed by atoms with E-state index in [0.29, 0.717) is 18.8 Å². The average Bonchev–Trinajstić information content (AvgIpc) is 3.11. The maximum absolute atomic E-state index is 13.1. The van der Waals surface area contributed by atoms with Crippen LogP contribution in [-0.4, -0.2) is 55.1 Å². The molecule has 0 atom stereocenters. The molecule has 0 spiro atoms. The molecule has 0 aliphatic carbocycles. The molecule has 4 rings (SSSR count). The Balaban J connectivity index is 1.88. The van der Waals surface area contributed by atoms with Crippen LogP contribution in [0.3, 0.4) is 0 Å². The monoisotopic (exact) mass is 400 g/mol. The van der Waals surface area contributed by atoms with Crippen molar-refractivity contribution in [1.29, 1.82) is 0 Å². The number of morpholine rings is 1. The lowest BCUT2D eigenvalue weighted by molar-refractivity contribution is 0.0696. The van der Waals surface area contributed by atoms with Gasteiger partial charge in [0.25, 0.3) is 0 Å². The van der Waals surface area contributed by atoms with Gasteiger partial charge < -0.3 is 14.8 Å². The zero-order chi connectivity index (χ0) is 19.9.